The SMILES string of the molecule is Cc1ccn2c(=O)cc(COc3ccccc3F)nc2c1. The lowest BCUT2D eigenvalue weighted by Crippen LogP contribution is -2.16. The molecular formula is C16H13FN2O2. The van der Waals surface area contributed by atoms with Crippen molar-refractivity contribution in [3.05, 3.63) is 76.1 Å². The van der Waals surface area contributed by atoms with Gasteiger partial charge in [0.05, 0.1) is 5.69 Å². The highest BCUT2D eigenvalue weighted by Gasteiger charge is 2.06. The second-order valence-electron chi connectivity index (χ2n) is 4.74. The second-order valence-corrected chi connectivity index (χ2v) is 4.74. The number of aromatic nitrogens is 2. The second kappa shape index (κ2) is 5.36. The van der Waals surface area contributed by atoms with Gasteiger partial charge in [-0.1, -0.05) is 12.1 Å². The van der Waals surface area contributed by atoms with Gasteiger partial charge in [-0.25, -0.2) is 9.37 Å². The van der Waals surface area contributed by atoms with Crippen LogP contribution in [0.3, 0.4) is 0 Å². The summed E-state index contributed by atoms with van der Waals surface area (Å²) in [5.41, 5.74) is 1.84. The first-order chi connectivity index (χ1) is 10.1. The summed E-state index contributed by atoms with van der Waals surface area (Å²) in [5, 5.41) is 0. The third-order valence-corrected chi connectivity index (χ3v) is 3.09. The molecule has 0 aliphatic heterocycles. The standard InChI is InChI=1S/C16H13FN2O2/c1-11-6-7-19-15(8-11)18-12(9-16(19)20)10-21-14-5-3-2-4-13(14)17/h2-9H,10H2,1H3. The summed E-state index contributed by atoms with van der Waals surface area (Å²) in [6.45, 7) is 1.97. The van der Waals surface area contributed by atoms with E-state index in [1.807, 2.05) is 19.1 Å². The Morgan fingerprint density at radius 3 is 2.86 bits per heavy atom. The first kappa shape index (κ1) is 13.3. The van der Waals surface area contributed by atoms with Crippen molar-refractivity contribution in [2.75, 3.05) is 0 Å². The summed E-state index contributed by atoms with van der Waals surface area (Å²) in [6.07, 6.45) is 1.68. The van der Waals surface area contributed by atoms with Crippen LogP contribution in [0.1, 0.15) is 11.3 Å². The Balaban J connectivity index is 1.91. The van der Waals surface area contributed by atoms with E-state index in [0.29, 0.717) is 11.3 Å². The Kier molecular flexibility index (Phi) is 3.39. The van der Waals surface area contributed by atoms with Gasteiger partial charge in [-0.05, 0) is 36.8 Å². The maximum Gasteiger partial charge on any atom is 0.258 e. The molecule has 0 N–H and O–H groups in total. The predicted octanol–water partition coefficient (Wildman–Crippen LogP) is 2.72. The molecule has 0 saturated heterocycles. The zero-order valence-corrected chi connectivity index (χ0v) is 11.4. The van der Waals surface area contributed by atoms with Crippen molar-refractivity contribution in [3.8, 4) is 5.75 Å². The lowest BCUT2D eigenvalue weighted by molar-refractivity contribution is 0.286. The average molecular weight is 284 g/mol. The van der Waals surface area contributed by atoms with Crippen molar-refractivity contribution in [2.24, 2.45) is 0 Å². The number of benzene rings is 1. The fraction of sp³-hybridized carbons (Fsp3) is 0.125. The number of ether oxygens (including phenoxy) is 1. The van der Waals surface area contributed by atoms with Crippen LogP contribution in [-0.2, 0) is 6.61 Å². The van der Waals surface area contributed by atoms with Crippen LogP contribution in [0, 0.1) is 12.7 Å². The van der Waals surface area contributed by atoms with Crippen molar-refractivity contribution in [1.29, 1.82) is 0 Å². The number of pyridine rings is 1. The molecule has 3 rings (SSSR count). The first-order valence-corrected chi connectivity index (χ1v) is 6.50. The molecule has 0 radical (unpaired) electrons. The number of rotatable bonds is 3. The number of nitrogens with zero attached hydrogens (tertiary/aromatic N) is 2. The van der Waals surface area contributed by atoms with Crippen LogP contribution >= 0.6 is 0 Å². The van der Waals surface area contributed by atoms with Gasteiger partial charge in [-0.15, -0.1) is 0 Å². The van der Waals surface area contributed by atoms with E-state index in [-0.39, 0.29) is 17.9 Å². The number of para-hydroxylation sites is 1. The summed E-state index contributed by atoms with van der Waals surface area (Å²) < 4.78 is 20.3. The number of aryl methyl sites for hydroxylation is 1. The van der Waals surface area contributed by atoms with E-state index < -0.39 is 5.82 Å². The summed E-state index contributed by atoms with van der Waals surface area (Å²) >= 11 is 0. The van der Waals surface area contributed by atoms with E-state index in [2.05, 4.69) is 4.98 Å². The number of hydrogen-bond donors (Lipinski definition) is 0. The minimum Gasteiger partial charge on any atom is -0.484 e. The molecule has 0 aliphatic rings. The molecule has 3 aromatic rings. The Hall–Kier alpha value is -2.69. The third kappa shape index (κ3) is 2.76. The van der Waals surface area contributed by atoms with Crippen LogP contribution in [0.15, 0.2) is 53.5 Å². The summed E-state index contributed by atoms with van der Waals surface area (Å²) in [6, 6.07) is 11.2. The van der Waals surface area contributed by atoms with Gasteiger partial charge in [0, 0.05) is 12.3 Å². The van der Waals surface area contributed by atoms with Crippen molar-refractivity contribution in [1.82, 2.24) is 9.38 Å². The van der Waals surface area contributed by atoms with Crippen molar-refractivity contribution < 1.29 is 9.13 Å². The quantitative estimate of drug-likeness (QED) is 0.742. The molecule has 21 heavy (non-hydrogen) atoms. The lowest BCUT2D eigenvalue weighted by atomic mass is 10.3. The van der Waals surface area contributed by atoms with Gasteiger partial charge in [0.2, 0.25) is 0 Å². The van der Waals surface area contributed by atoms with Crippen LogP contribution < -0.4 is 10.3 Å². The highest BCUT2D eigenvalue weighted by atomic mass is 19.1. The minimum absolute atomic E-state index is 0.0423. The smallest absolute Gasteiger partial charge is 0.258 e. The van der Waals surface area contributed by atoms with E-state index in [1.165, 1.54) is 22.6 Å². The molecule has 4 nitrogen and oxygen atoms in total. The summed E-state index contributed by atoms with van der Waals surface area (Å²) in [5.74, 6) is -0.297. The number of hydrogen-bond acceptors (Lipinski definition) is 3. The van der Waals surface area contributed by atoms with Crippen molar-refractivity contribution >= 4 is 5.65 Å². The van der Waals surface area contributed by atoms with Gasteiger partial charge in [0.1, 0.15) is 12.3 Å². The van der Waals surface area contributed by atoms with Gasteiger partial charge in [0.15, 0.2) is 11.6 Å². The Morgan fingerprint density at radius 2 is 2.05 bits per heavy atom. The fourth-order valence-electron chi connectivity index (χ4n) is 2.04. The maximum atomic E-state index is 13.5. The van der Waals surface area contributed by atoms with Crippen LogP contribution in [0.4, 0.5) is 4.39 Å². The zero-order chi connectivity index (χ0) is 14.8. The van der Waals surface area contributed by atoms with Crippen LogP contribution in [0.2, 0.25) is 0 Å². The molecule has 2 heterocycles. The molecule has 1 aromatic carbocycles. The molecule has 0 bridgehead atoms. The first-order valence-electron chi connectivity index (χ1n) is 6.50. The Bertz CT molecular complexity index is 858. The molecule has 0 aliphatic carbocycles. The average Bonchev–Trinajstić information content (AvgIpc) is 2.46. The van der Waals surface area contributed by atoms with Crippen molar-refractivity contribution in [3.63, 3.8) is 0 Å². The van der Waals surface area contributed by atoms with E-state index in [4.69, 9.17) is 4.74 Å². The molecule has 0 atom stereocenters. The maximum absolute atomic E-state index is 13.5. The fourth-order valence-corrected chi connectivity index (χ4v) is 2.04. The normalized spacial score (nSPS) is 10.8. The van der Waals surface area contributed by atoms with Crippen LogP contribution in [0.25, 0.3) is 5.65 Å². The molecule has 0 saturated carbocycles. The topological polar surface area (TPSA) is 43.6 Å². The van der Waals surface area contributed by atoms with E-state index in [1.54, 1.807) is 18.3 Å². The summed E-state index contributed by atoms with van der Waals surface area (Å²) in [7, 11) is 0. The molecule has 0 amide bonds. The zero-order valence-electron chi connectivity index (χ0n) is 11.4. The van der Waals surface area contributed by atoms with Crippen molar-refractivity contribution in [2.45, 2.75) is 13.5 Å². The third-order valence-electron chi connectivity index (χ3n) is 3.09. The molecule has 106 valence electrons. The monoisotopic (exact) mass is 284 g/mol. The van der Waals surface area contributed by atoms with E-state index in [9.17, 15) is 9.18 Å². The van der Waals surface area contributed by atoms with Gasteiger partial charge in [0.25, 0.3) is 5.56 Å². The molecule has 0 unspecified atom stereocenters. The highest BCUT2D eigenvalue weighted by molar-refractivity contribution is 5.41. The lowest BCUT2D eigenvalue weighted by Gasteiger charge is -2.08. The van der Waals surface area contributed by atoms with Crippen LogP contribution in [0.5, 0.6) is 5.75 Å². The van der Waals surface area contributed by atoms with Gasteiger partial charge < -0.3 is 4.74 Å². The molecule has 0 fully saturated rings. The molecule has 0 spiro atoms. The van der Waals surface area contributed by atoms with E-state index in [0.717, 1.165) is 5.56 Å². The van der Waals surface area contributed by atoms with Crippen LogP contribution in [-0.4, -0.2) is 9.38 Å². The van der Waals surface area contributed by atoms with Gasteiger partial charge in [-0.3, -0.25) is 9.20 Å². The highest BCUT2D eigenvalue weighted by Crippen LogP contribution is 2.16. The number of fused-ring (bicyclic) bond motifs is 1. The molecule has 2 aromatic heterocycles. The number of halogens is 1. The van der Waals surface area contributed by atoms with Gasteiger partial charge in [-0.2, -0.15) is 0 Å². The molecule has 5 heteroatoms. The van der Waals surface area contributed by atoms with Gasteiger partial charge >= 0.3 is 0 Å². The van der Waals surface area contributed by atoms with E-state index >= 15 is 0 Å². The largest absolute Gasteiger partial charge is 0.484 e. The Labute approximate surface area is 120 Å². The summed E-state index contributed by atoms with van der Waals surface area (Å²) in [4.78, 5) is 16.3. The molecular weight excluding hydrogens is 271 g/mol. The Morgan fingerprint density at radius 1 is 1.24 bits per heavy atom. The predicted molar refractivity (Wildman–Crippen MR) is 76.9 cm³/mol. The minimum atomic E-state index is -0.439.